The smallest absolute Gasteiger partial charge is 0.326 e. The minimum Gasteiger partial charge on any atom is -0.341 e. The number of aromatic amines is 2. The van der Waals surface area contributed by atoms with Crippen LogP contribution in [0.4, 0.5) is 0 Å². The summed E-state index contributed by atoms with van der Waals surface area (Å²) in [6, 6.07) is 15.1. The summed E-state index contributed by atoms with van der Waals surface area (Å²) in [5, 5.41) is 13.9. The van der Waals surface area contributed by atoms with Gasteiger partial charge in [-0.15, -0.1) is 10.2 Å². The van der Waals surface area contributed by atoms with Crippen LogP contribution in [0.25, 0.3) is 22.4 Å². The third-order valence-corrected chi connectivity index (χ3v) is 4.61. The van der Waals surface area contributed by atoms with Crippen molar-refractivity contribution in [1.29, 1.82) is 0 Å². The Morgan fingerprint density at radius 2 is 2.04 bits per heavy atom. The van der Waals surface area contributed by atoms with Gasteiger partial charge in [-0.3, -0.25) is 9.36 Å². The number of hydrogen-bond acceptors (Lipinski definition) is 5. The van der Waals surface area contributed by atoms with Crippen LogP contribution < -0.4 is 5.69 Å². The Morgan fingerprint density at radius 3 is 2.86 bits per heavy atom. The Kier molecular flexibility index (Phi) is 4.71. The van der Waals surface area contributed by atoms with Gasteiger partial charge in [-0.1, -0.05) is 30.3 Å². The molecule has 0 bridgehead atoms. The number of nitrogens with zero attached hydrogens (tertiary/aromatic N) is 5. The molecular weight excluding hydrogens is 358 g/mol. The van der Waals surface area contributed by atoms with Crippen molar-refractivity contribution in [2.24, 2.45) is 0 Å². The molecule has 4 rings (SSSR count). The summed E-state index contributed by atoms with van der Waals surface area (Å²) in [6.07, 6.45) is 0.239. The number of imidazole rings is 1. The fraction of sp³-hybridized carbons (Fsp3) is 0.211. The van der Waals surface area contributed by atoms with Crippen molar-refractivity contribution in [3.63, 3.8) is 0 Å². The van der Waals surface area contributed by atoms with Gasteiger partial charge in [0.25, 0.3) is 0 Å². The molecule has 4 aromatic rings. The molecule has 0 aliphatic rings. The number of aromatic nitrogens is 6. The lowest BCUT2D eigenvalue weighted by Crippen LogP contribution is -2.28. The van der Waals surface area contributed by atoms with Gasteiger partial charge in [0.05, 0.1) is 11.0 Å². The largest absolute Gasteiger partial charge is 0.341 e. The van der Waals surface area contributed by atoms with Gasteiger partial charge < -0.3 is 9.88 Å². The van der Waals surface area contributed by atoms with E-state index in [-0.39, 0.29) is 18.0 Å². The summed E-state index contributed by atoms with van der Waals surface area (Å²) < 4.78 is 1.60. The van der Waals surface area contributed by atoms with Gasteiger partial charge in [-0.2, -0.15) is 5.21 Å². The highest BCUT2D eigenvalue weighted by molar-refractivity contribution is 5.77. The first-order valence-corrected chi connectivity index (χ1v) is 8.86. The zero-order valence-electron chi connectivity index (χ0n) is 15.3. The van der Waals surface area contributed by atoms with Crippen LogP contribution in [0.3, 0.4) is 0 Å². The molecule has 2 aromatic heterocycles. The van der Waals surface area contributed by atoms with Crippen molar-refractivity contribution in [2.75, 3.05) is 7.05 Å². The number of hydrogen-bond donors (Lipinski definition) is 2. The number of nitrogens with one attached hydrogen (secondary N) is 2. The molecule has 0 radical (unpaired) electrons. The molecule has 0 saturated carbocycles. The Bertz CT molecular complexity index is 1160. The Balaban J connectivity index is 1.42. The predicted molar refractivity (Wildman–Crippen MR) is 103 cm³/mol. The predicted octanol–water partition coefficient (Wildman–Crippen LogP) is 1.56. The van der Waals surface area contributed by atoms with Crippen molar-refractivity contribution in [3.05, 3.63) is 64.6 Å². The fourth-order valence-electron chi connectivity index (χ4n) is 3.18. The zero-order valence-corrected chi connectivity index (χ0v) is 15.3. The number of carbonyl (C=O) groups excluding carboxylic acids is 1. The minimum atomic E-state index is -0.204. The number of rotatable bonds is 6. The van der Waals surface area contributed by atoms with Gasteiger partial charge >= 0.3 is 5.69 Å². The molecule has 0 aliphatic heterocycles. The lowest BCUT2D eigenvalue weighted by atomic mass is 10.1. The number of para-hydroxylation sites is 2. The number of carbonyl (C=O) groups is 1. The van der Waals surface area contributed by atoms with Crippen LogP contribution in [0, 0.1) is 0 Å². The Labute approximate surface area is 160 Å². The lowest BCUT2D eigenvalue weighted by molar-refractivity contribution is -0.130. The normalized spacial score (nSPS) is 11.0. The SMILES string of the molecule is CN(Cc1cccc(-c2nn[nH]n2)c1)C(=O)CCn1c(=O)[nH]c2ccccc21. The minimum absolute atomic E-state index is 0.0397. The van der Waals surface area contributed by atoms with E-state index in [1.54, 1.807) is 16.5 Å². The number of tetrazole rings is 1. The van der Waals surface area contributed by atoms with E-state index < -0.39 is 0 Å². The topological polar surface area (TPSA) is 113 Å². The van der Waals surface area contributed by atoms with Crippen molar-refractivity contribution in [2.45, 2.75) is 19.5 Å². The lowest BCUT2D eigenvalue weighted by Gasteiger charge is -2.17. The second-order valence-corrected chi connectivity index (χ2v) is 6.53. The molecule has 1 amide bonds. The third-order valence-electron chi connectivity index (χ3n) is 4.61. The summed E-state index contributed by atoms with van der Waals surface area (Å²) in [6.45, 7) is 0.780. The van der Waals surface area contributed by atoms with Gasteiger partial charge in [0, 0.05) is 32.1 Å². The summed E-state index contributed by atoms with van der Waals surface area (Å²) in [4.78, 5) is 29.1. The molecule has 0 fully saturated rings. The zero-order chi connectivity index (χ0) is 19.5. The molecule has 28 heavy (non-hydrogen) atoms. The first kappa shape index (κ1) is 17.7. The third kappa shape index (κ3) is 3.54. The number of H-pyrrole nitrogens is 2. The molecule has 0 saturated heterocycles. The first-order chi connectivity index (χ1) is 13.6. The second kappa shape index (κ2) is 7.47. The maximum atomic E-state index is 12.6. The van der Waals surface area contributed by atoms with E-state index in [0.29, 0.717) is 18.9 Å². The van der Waals surface area contributed by atoms with E-state index >= 15 is 0 Å². The standard InChI is InChI=1S/C19H19N7O2/c1-25(12-13-5-4-6-14(11-13)18-21-23-24-22-18)17(27)9-10-26-16-8-3-2-7-15(16)20-19(26)28/h2-8,11H,9-10,12H2,1H3,(H,20,28)(H,21,22,23,24). The molecule has 9 nitrogen and oxygen atoms in total. The van der Waals surface area contributed by atoms with Gasteiger partial charge in [-0.05, 0) is 29.0 Å². The van der Waals surface area contributed by atoms with E-state index in [9.17, 15) is 9.59 Å². The van der Waals surface area contributed by atoms with E-state index in [2.05, 4.69) is 25.6 Å². The highest BCUT2D eigenvalue weighted by atomic mass is 16.2. The maximum absolute atomic E-state index is 12.6. The molecule has 2 N–H and O–H groups in total. The highest BCUT2D eigenvalue weighted by Gasteiger charge is 2.13. The van der Waals surface area contributed by atoms with Crippen LogP contribution in [0.1, 0.15) is 12.0 Å². The quantitative estimate of drug-likeness (QED) is 0.529. The summed E-state index contributed by atoms with van der Waals surface area (Å²) in [5.74, 6) is 0.469. The van der Waals surface area contributed by atoms with Crippen LogP contribution >= 0.6 is 0 Å². The number of fused-ring (bicyclic) bond motifs is 1. The number of amides is 1. The monoisotopic (exact) mass is 377 g/mol. The van der Waals surface area contributed by atoms with Gasteiger partial charge in [-0.25, -0.2) is 4.79 Å². The molecule has 142 valence electrons. The molecule has 0 unspecified atom stereocenters. The van der Waals surface area contributed by atoms with Gasteiger partial charge in [0.2, 0.25) is 11.7 Å². The van der Waals surface area contributed by atoms with E-state index in [1.165, 1.54) is 0 Å². The molecule has 9 heteroatoms. The Hall–Kier alpha value is -3.75. The average Bonchev–Trinajstić information content (AvgIpc) is 3.34. The van der Waals surface area contributed by atoms with Gasteiger partial charge in [0.15, 0.2) is 0 Å². The summed E-state index contributed by atoms with van der Waals surface area (Å²) in [7, 11) is 1.75. The molecule has 0 spiro atoms. The average molecular weight is 377 g/mol. The first-order valence-electron chi connectivity index (χ1n) is 8.86. The van der Waals surface area contributed by atoms with Crippen LogP contribution in [-0.4, -0.2) is 48.0 Å². The molecule has 2 heterocycles. The molecule has 0 aliphatic carbocycles. The van der Waals surface area contributed by atoms with Crippen molar-refractivity contribution >= 4 is 16.9 Å². The van der Waals surface area contributed by atoms with Crippen LogP contribution in [0.2, 0.25) is 0 Å². The number of aryl methyl sites for hydroxylation is 1. The molecular formula is C19H19N7O2. The maximum Gasteiger partial charge on any atom is 0.326 e. The van der Waals surface area contributed by atoms with Crippen LogP contribution in [0.15, 0.2) is 53.3 Å². The van der Waals surface area contributed by atoms with E-state index in [1.807, 2.05) is 48.5 Å². The second-order valence-electron chi connectivity index (χ2n) is 6.53. The van der Waals surface area contributed by atoms with Crippen molar-refractivity contribution in [1.82, 2.24) is 35.1 Å². The van der Waals surface area contributed by atoms with Crippen LogP contribution in [0.5, 0.6) is 0 Å². The Morgan fingerprint density at radius 1 is 1.18 bits per heavy atom. The fourth-order valence-corrected chi connectivity index (χ4v) is 3.18. The van der Waals surface area contributed by atoms with E-state index in [4.69, 9.17) is 0 Å². The molecule has 2 aromatic carbocycles. The molecule has 0 atom stereocenters. The van der Waals surface area contributed by atoms with Crippen molar-refractivity contribution in [3.8, 4) is 11.4 Å². The summed E-state index contributed by atoms with van der Waals surface area (Å²) >= 11 is 0. The van der Waals surface area contributed by atoms with Gasteiger partial charge in [0.1, 0.15) is 0 Å². The van der Waals surface area contributed by atoms with Crippen molar-refractivity contribution < 1.29 is 4.79 Å². The van der Waals surface area contributed by atoms with Crippen LogP contribution in [-0.2, 0) is 17.9 Å². The number of benzene rings is 2. The highest BCUT2D eigenvalue weighted by Crippen LogP contribution is 2.16. The van der Waals surface area contributed by atoms with E-state index in [0.717, 1.165) is 22.2 Å². The summed E-state index contributed by atoms with van der Waals surface area (Å²) in [5.41, 5.74) is 3.16.